The average molecular weight is 266 g/mol. The van der Waals surface area contributed by atoms with E-state index < -0.39 is 0 Å². The van der Waals surface area contributed by atoms with Crippen molar-refractivity contribution in [3.63, 3.8) is 0 Å². The van der Waals surface area contributed by atoms with E-state index in [0.717, 1.165) is 3.57 Å². The van der Waals surface area contributed by atoms with Crippen molar-refractivity contribution in [2.75, 3.05) is 14.2 Å². The molecule has 1 aromatic heterocycles. The van der Waals surface area contributed by atoms with Crippen LogP contribution in [-0.4, -0.2) is 24.2 Å². The van der Waals surface area contributed by atoms with Crippen molar-refractivity contribution >= 4 is 22.6 Å². The van der Waals surface area contributed by atoms with Crippen molar-refractivity contribution in [2.24, 2.45) is 0 Å². The number of ether oxygens (including phenoxy) is 2. The maximum atomic E-state index is 4.95. The zero-order valence-corrected chi connectivity index (χ0v) is 8.32. The molecule has 60 valence electrons. The van der Waals surface area contributed by atoms with Crippen LogP contribution in [0.1, 0.15) is 0 Å². The van der Waals surface area contributed by atoms with Crippen molar-refractivity contribution in [1.29, 1.82) is 0 Å². The van der Waals surface area contributed by atoms with Gasteiger partial charge in [-0.05, 0) is 22.6 Å². The van der Waals surface area contributed by atoms with Crippen LogP contribution >= 0.6 is 22.6 Å². The van der Waals surface area contributed by atoms with E-state index in [1.165, 1.54) is 7.11 Å². The second-order valence-electron chi connectivity index (χ2n) is 1.71. The molecule has 0 spiro atoms. The minimum Gasteiger partial charge on any atom is -0.480 e. The SMILES string of the molecule is COc1ncc(I)c(OC)n1. The second-order valence-corrected chi connectivity index (χ2v) is 2.88. The van der Waals surface area contributed by atoms with Gasteiger partial charge in [0.25, 0.3) is 0 Å². The molecule has 0 unspecified atom stereocenters. The number of rotatable bonds is 2. The van der Waals surface area contributed by atoms with E-state index in [1.54, 1.807) is 13.3 Å². The number of nitrogens with zero attached hydrogens (tertiary/aromatic N) is 2. The topological polar surface area (TPSA) is 44.2 Å². The molecule has 1 aromatic rings. The van der Waals surface area contributed by atoms with Gasteiger partial charge >= 0.3 is 6.01 Å². The summed E-state index contributed by atoms with van der Waals surface area (Å²) in [4.78, 5) is 7.83. The molecule has 5 heteroatoms. The van der Waals surface area contributed by atoms with Crippen LogP contribution in [0.25, 0.3) is 0 Å². The van der Waals surface area contributed by atoms with Gasteiger partial charge in [-0.15, -0.1) is 0 Å². The van der Waals surface area contributed by atoms with Crippen LogP contribution in [0.3, 0.4) is 0 Å². The molecular weight excluding hydrogens is 259 g/mol. The third kappa shape index (κ3) is 1.92. The van der Waals surface area contributed by atoms with Crippen LogP contribution in [0.4, 0.5) is 0 Å². The first-order chi connectivity index (χ1) is 5.27. The number of hydrogen-bond donors (Lipinski definition) is 0. The molecule has 0 aliphatic rings. The summed E-state index contributed by atoms with van der Waals surface area (Å²) in [5.74, 6) is 0.539. The molecule has 0 saturated heterocycles. The predicted molar refractivity (Wildman–Crippen MR) is 47.9 cm³/mol. The Morgan fingerprint density at radius 1 is 1.36 bits per heavy atom. The molecule has 0 atom stereocenters. The van der Waals surface area contributed by atoms with E-state index in [1.807, 2.05) is 0 Å². The van der Waals surface area contributed by atoms with Crippen molar-refractivity contribution in [2.45, 2.75) is 0 Å². The van der Waals surface area contributed by atoms with E-state index >= 15 is 0 Å². The first-order valence-corrected chi connectivity index (χ1v) is 3.96. The molecule has 4 nitrogen and oxygen atoms in total. The summed E-state index contributed by atoms with van der Waals surface area (Å²) in [6.45, 7) is 0. The lowest BCUT2D eigenvalue weighted by atomic mass is 10.6. The van der Waals surface area contributed by atoms with Crippen molar-refractivity contribution in [1.82, 2.24) is 9.97 Å². The van der Waals surface area contributed by atoms with E-state index in [2.05, 4.69) is 32.6 Å². The largest absolute Gasteiger partial charge is 0.480 e. The summed E-state index contributed by atoms with van der Waals surface area (Å²) in [5.41, 5.74) is 0. The highest BCUT2D eigenvalue weighted by Crippen LogP contribution is 2.18. The molecule has 0 radical (unpaired) electrons. The smallest absolute Gasteiger partial charge is 0.319 e. The number of methoxy groups -OCH3 is 2. The first kappa shape index (κ1) is 8.51. The Morgan fingerprint density at radius 3 is 2.64 bits per heavy atom. The van der Waals surface area contributed by atoms with Gasteiger partial charge in [-0.1, -0.05) is 0 Å². The van der Waals surface area contributed by atoms with Gasteiger partial charge < -0.3 is 9.47 Å². The molecule has 0 saturated carbocycles. The van der Waals surface area contributed by atoms with Crippen LogP contribution in [0.5, 0.6) is 11.9 Å². The van der Waals surface area contributed by atoms with Crippen LogP contribution in [-0.2, 0) is 0 Å². The fourth-order valence-corrected chi connectivity index (χ4v) is 1.06. The maximum absolute atomic E-state index is 4.95. The van der Waals surface area contributed by atoms with E-state index in [4.69, 9.17) is 9.47 Å². The zero-order chi connectivity index (χ0) is 8.27. The fourth-order valence-electron chi connectivity index (χ4n) is 0.578. The van der Waals surface area contributed by atoms with Crippen molar-refractivity contribution in [3.05, 3.63) is 9.77 Å². The molecule has 0 amide bonds. The first-order valence-electron chi connectivity index (χ1n) is 2.88. The van der Waals surface area contributed by atoms with Gasteiger partial charge in [0.1, 0.15) is 0 Å². The summed E-state index contributed by atoms with van der Waals surface area (Å²) < 4.78 is 10.6. The normalized spacial score (nSPS) is 9.36. The van der Waals surface area contributed by atoms with Gasteiger partial charge in [0.15, 0.2) is 0 Å². The Balaban J connectivity index is 3.02. The minimum absolute atomic E-state index is 0.322. The Morgan fingerprint density at radius 2 is 2.09 bits per heavy atom. The van der Waals surface area contributed by atoms with Crippen molar-refractivity contribution < 1.29 is 9.47 Å². The standard InChI is InChI=1S/C6H7IN2O2/c1-10-5-4(7)3-8-6(9-5)11-2/h3H,1-2H3. The number of hydrogen-bond acceptors (Lipinski definition) is 4. The third-order valence-electron chi connectivity index (χ3n) is 1.07. The van der Waals surface area contributed by atoms with E-state index in [9.17, 15) is 0 Å². The molecule has 0 aliphatic carbocycles. The Labute approximate surface area is 78.1 Å². The maximum Gasteiger partial charge on any atom is 0.319 e. The van der Waals surface area contributed by atoms with Gasteiger partial charge in [-0.3, -0.25) is 0 Å². The lowest BCUT2D eigenvalue weighted by Gasteiger charge is -2.02. The highest BCUT2D eigenvalue weighted by molar-refractivity contribution is 14.1. The van der Waals surface area contributed by atoms with Crippen LogP contribution < -0.4 is 9.47 Å². The van der Waals surface area contributed by atoms with Crippen LogP contribution in [0, 0.1) is 3.57 Å². The Kier molecular flexibility index (Phi) is 2.86. The molecule has 1 heterocycles. The molecule has 0 bridgehead atoms. The molecule has 0 fully saturated rings. The Bertz CT molecular complexity index is 254. The molecule has 0 aliphatic heterocycles. The summed E-state index contributed by atoms with van der Waals surface area (Å²) in [5, 5.41) is 0. The minimum atomic E-state index is 0.322. The highest BCUT2D eigenvalue weighted by atomic mass is 127. The third-order valence-corrected chi connectivity index (χ3v) is 1.81. The summed E-state index contributed by atoms with van der Waals surface area (Å²) in [6.07, 6.45) is 1.64. The molecule has 11 heavy (non-hydrogen) atoms. The van der Waals surface area contributed by atoms with Gasteiger partial charge in [-0.25, -0.2) is 4.98 Å². The van der Waals surface area contributed by atoms with Crippen LogP contribution in [0.15, 0.2) is 6.20 Å². The number of halogens is 1. The van der Waals surface area contributed by atoms with Gasteiger partial charge in [0, 0.05) is 0 Å². The quantitative estimate of drug-likeness (QED) is 0.752. The fraction of sp³-hybridized carbons (Fsp3) is 0.333. The summed E-state index contributed by atoms with van der Waals surface area (Å²) in [6, 6.07) is 0.322. The van der Waals surface area contributed by atoms with Crippen LogP contribution in [0.2, 0.25) is 0 Å². The summed E-state index contributed by atoms with van der Waals surface area (Å²) >= 11 is 2.09. The molecule has 0 N–H and O–H groups in total. The second kappa shape index (κ2) is 3.70. The molecule has 1 rings (SSSR count). The zero-order valence-electron chi connectivity index (χ0n) is 6.17. The lowest BCUT2D eigenvalue weighted by Crippen LogP contribution is -1.96. The Hall–Kier alpha value is -0.590. The summed E-state index contributed by atoms with van der Waals surface area (Å²) in [7, 11) is 3.07. The predicted octanol–water partition coefficient (Wildman–Crippen LogP) is 1.10. The van der Waals surface area contributed by atoms with Crippen molar-refractivity contribution in [3.8, 4) is 11.9 Å². The van der Waals surface area contributed by atoms with Gasteiger partial charge in [0.05, 0.1) is 24.0 Å². The molecule has 0 aromatic carbocycles. The monoisotopic (exact) mass is 266 g/mol. The number of aromatic nitrogens is 2. The van der Waals surface area contributed by atoms with Gasteiger partial charge in [-0.2, -0.15) is 4.98 Å². The molecular formula is C6H7IN2O2. The van der Waals surface area contributed by atoms with E-state index in [0.29, 0.717) is 11.9 Å². The average Bonchev–Trinajstić information content (AvgIpc) is 2.05. The highest BCUT2D eigenvalue weighted by Gasteiger charge is 2.03. The van der Waals surface area contributed by atoms with Gasteiger partial charge in [0.2, 0.25) is 5.88 Å². The van der Waals surface area contributed by atoms with E-state index in [-0.39, 0.29) is 0 Å². The lowest BCUT2D eigenvalue weighted by molar-refractivity contribution is 0.350.